The van der Waals surface area contributed by atoms with Crippen LogP contribution in [0.3, 0.4) is 0 Å². The van der Waals surface area contributed by atoms with E-state index >= 15 is 0 Å². The summed E-state index contributed by atoms with van der Waals surface area (Å²) in [4.78, 5) is 2.30. The van der Waals surface area contributed by atoms with E-state index in [9.17, 15) is 8.78 Å². The molecular formula is C5H5F2N2+. The molecule has 1 aromatic rings. The largest absolute Gasteiger partial charge is 0.287 e. The van der Waals surface area contributed by atoms with E-state index in [2.05, 4.69) is 4.98 Å². The Balaban J connectivity index is 3.17. The highest BCUT2D eigenvalue weighted by molar-refractivity contribution is 5.19. The summed E-state index contributed by atoms with van der Waals surface area (Å²) in [7, 11) is 0. The van der Waals surface area contributed by atoms with Gasteiger partial charge in [0.2, 0.25) is 0 Å². The van der Waals surface area contributed by atoms with Crippen LogP contribution in [0.5, 0.6) is 0 Å². The van der Waals surface area contributed by atoms with E-state index in [1.54, 1.807) is 0 Å². The Morgan fingerprint density at radius 1 is 1.33 bits per heavy atom. The molecule has 3 N–H and O–H groups in total. The first kappa shape index (κ1) is 5.94. The van der Waals surface area contributed by atoms with Crippen molar-refractivity contribution in [3.05, 3.63) is 23.9 Å². The Labute approximate surface area is 50.3 Å². The number of nitrogens with one attached hydrogen (secondary N) is 1. The van der Waals surface area contributed by atoms with Gasteiger partial charge in [0.25, 0.3) is 5.82 Å². The van der Waals surface area contributed by atoms with Crippen LogP contribution in [-0.2, 0) is 0 Å². The molecule has 0 radical (unpaired) electrons. The van der Waals surface area contributed by atoms with Crippen molar-refractivity contribution in [2.45, 2.75) is 0 Å². The maximum atomic E-state index is 12.1. The fourth-order valence-electron chi connectivity index (χ4n) is 0.463. The van der Waals surface area contributed by atoms with E-state index in [0.29, 0.717) is 0 Å². The smallest absolute Gasteiger partial charge is 0.273 e. The lowest BCUT2D eigenvalue weighted by Crippen LogP contribution is -2.11. The van der Waals surface area contributed by atoms with Crippen LogP contribution in [0.4, 0.5) is 14.6 Å². The number of anilines is 1. The molecule has 1 aromatic heterocycles. The molecular weight excluding hydrogens is 126 g/mol. The topological polar surface area (TPSA) is 40.2 Å². The van der Waals surface area contributed by atoms with E-state index in [1.807, 2.05) is 0 Å². The third-order valence-corrected chi connectivity index (χ3v) is 0.876. The van der Waals surface area contributed by atoms with Gasteiger partial charge in [-0.2, -0.15) is 4.39 Å². The van der Waals surface area contributed by atoms with Gasteiger partial charge < -0.3 is 0 Å². The second-order valence-electron chi connectivity index (χ2n) is 1.58. The number of aromatic nitrogens is 1. The van der Waals surface area contributed by atoms with Crippen LogP contribution in [0, 0.1) is 11.6 Å². The summed E-state index contributed by atoms with van der Waals surface area (Å²) in [5.41, 5.74) is 5.07. The first-order valence-corrected chi connectivity index (χ1v) is 2.32. The summed E-state index contributed by atoms with van der Waals surface area (Å²) >= 11 is 0. The molecule has 0 aliphatic carbocycles. The van der Waals surface area contributed by atoms with Crippen molar-refractivity contribution < 1.29 is 13.8 Å². The van der Waals surface area contributed by atoms with Crippen molar-refractivity contribution in [1.29, 1.82) is 0 Å². The van der Waals surface area contributed by atoms with Crippen LogP contribution < -0.4 is 10.7 Å². The van der Waals surface area contributed by atoms with Crippen LogP contribution in [-0.4, -0.2) is 0 Å². The highest BCUT2D eigenvalue weighted by atomic mass is 19.2. The number of halogens is 2. The Kier molecular flexibility index (Phi) is 1.30. The monoisotopic (exact) mass is 131 g/mol. The molecule has 0 saturated carbocycles. The number of aromatic amines is 1. The average molecular weight is 131 g/mol. The maximum absolute atomic E-state index is 12.1. The third kappa shape index (κ3) is 1.13. The number of hydrogen-bond acceptors (Lipinski definition) is 1. The predicted molar refractivity (Wildman–Crippen MR) is 27.3 cm³/mol. The van der Waals surface area contributed by atoms with E-state index in [-0.39, 0.29) is 5.82 Å². The Morgan fingerprint density at radius 2 is 2.00 bits per heavy atom. The summed E-state index contributed by atoms with van der Waals surface area (Å²) in [5.74, 6) is -1.76. The highest BCUT2D eigenvalue weighted by Crippen LogP contribution is 2.01. The number of nitrogen functional groups attached to an aromatic ring is 1. The summed E-state index contributed by atoms with van der Waals surface area (Å²) in [6, 6.07) is 0.884. The van der Waals surface area contributed by atoms with E-state index in [1.165, 1.54) is 0 Å². The van der Waals surface area contributed by atoms with Crippen LogP contribution in [0.1, 0.15) is 0 Å². The molecule has 48 valence electrons. The molecule has 1 rings (SSSR count). The summed E-state index contributed by atoms with van der Waals surface area (Å²) in [6.45, 7) is 0. The minimum atomic E-state index is -0.939. The average Bonchev–Trinajstić information content (AvgIpc) is 1.80. The Hall–Kier alpha value is -1.19. The molecule has 4 heteroatoms. The lowest BCUT2D eigenvalue weighted by atomic mass is 10.4. The molecule has 0 atom stereocenters. The van der Waals surface area contributed by atoms with Gasteiger partial charge in [-0.15, -0.1) is 0 Å². The molecule has 0 spiro atoms. The van der Waals surface area contributed by atoms with Crippen molar-refractivity contribution in [1.82, 2.24) is 0 Å². The van der Waals surface area contributed by atoms with Gasteiger partial charge in [-0.05, 0) is 0 Å². The van der Waals surface area contributed by atoms with Crippen LogP contribution in [0.15, 0.2) is 12.3 Å². The first-order chi connectivity index (χ1) is 4.20. The maximum Gasteiger partial charge on any atom is 0.273 e. The zero-order chi connectivity index (χ0) is 6.85. The van der Waals surface area contributed by atoms with Crippen LogP contribution in [0.2, 0.25) is 0 Å². The fraction of sp³-hybridized carbons (Fsp3) is 0. The molecule has 0 bridgehead atoms. The molecule has 0 aromatic carbocycles. The molecule has 0 saturated heterocycles. The summed E-state index contributed by atoms with van der Waals surface area (Å²) in [6.07, 6.45) is 0.866. The molecule has 0 aliphatic heterocycles. The van der Waals surface area contributed by atoms with Crippen molar-refractivity contribution >= 4 is 5.82 Å². The van der Waals surface area contributed by atoms with Gasteiger partial charge in [-0.25, -0.2) is 9.37 Å². The van der Waals surface area contributed by atoms with E-state index < -0.39 is 11.6 Å². The SMILES string of the molecule is Nc1cc(F)c(F)c[nH+]1. The van der Waals surface area contributed by atoms with Crippen LogP contribution in [0.25, 0.3) is 0 Å². The number of hydrogen-bond donors (Lipinski definition) is 1. The minimum absolute atomic E-state index is 0.105. The molecule has 0 amide bonds. The molecule has 1 heterocycles. The standard InChI is InChI=1S/C5H4F2N2/c6-3-1-5(8)9-2-4(3)7/h1-2H,(H2,8,9)/p+1. The molecule has 0 fully saturated rings. The number of H-pyrrole nitrogens is 1. The Morgan fingerprint density at radius 3 is 2.44 bits per heavy atom. The number of nitrogens with two attached hydrogens (primary N) is 1. The zero-order valence-electron chi connectivity index (χ0n) is 4.49. The van der Waals surface area contributed by atoms with Gasteiger partial charge in [-0.1, -0.05) is 0 Å². The molecule has 2 nitrogen and oxygen atoms in total. The van der Waals surface area contributed by atoms with E-state index in [4.69, 9.17) is 5.73 Å². The lowest BCUT2D eigenvalue weighted by molar-refractivity contribution is -0.363. The Bertz CT molecular complexity index is 224. The fourth-order valence-corrected chi connectivity index (χ4v) is 0.463. The minimum Gasteiger partial charge on any atom is -0.287 e. The van der Waals surface area contributed by atoms with Crippen molar-refractivity contribution in [3.8, 4) is 0 Å². The third-order valence-electron chi connectivity index (χ3n) is 0.876. The predicted octanol–water partition coefficient (Wildman–Crippen LogP) is 0.361. The first-order valence-electron chi connectivity index (χ1n) is 2.32. The second kappa shape index (κ2) is 1.97. The van der Waals surface area contributed by atoms with Crippen molar-refractivity contribution in [2.75, 3.05) is 5.73 Å². The molecule has 0 unspecified atom stereocenters. The van der Waals surface area contributed by atoms with Gasteiger partial charge in [0.05, 0.1) is 6.07 Å². The molecule has 0 aliphatic rings. The lowest BCUT2D eigenvalue weighted by Gasteiger charge is -1.86. The van der Waals surface area contributed by atoms with Crippen molar-refractivity contribution in [2.24, 2.45) is 0 Å². The normalized spacial score (nSPS) is 9.56. The van der Waals surface area contributed by atoms with Gasteiger partial charge >= 0.3 is 0 Å². The quantitative estimate of drug-likeness (QED) is 0.542. The van der Waals surface area contributed by atoms with Gasteiger partial charge in [0.1, 0.15) is 6.20 Å². The number of rotatable bonds is 0. The zero-order valence-corrected chi connectivity index (χ0v) is 4.49. The van der Waals surface area contributed by atoms with Crippen molar-refractivity contribution in [3.63, 3.8) is 0 Å². The highest BCUT2D eigenvalue weighted by Gasteiger charge is 2.03. The number of pyridine rings is 1. The summed E-state index contributed by atoms with van der Waals surface area (Å²) in [5, 5.41) is 0. The van der Waals surface area contributed by atoms with Gasteiger partial charge in [0.15, 0.2) is 11.6 Å². The molecule has 9 heavy (non-hydrogen) atoms. The van der Waals surface area contributed by atoms with E-state index in [0.717, 1.165) is 12.3 Å². The van der Waals surface area contributed by atoms with Gasteiger partial charge in [-0.3, -0.25) is 5.73 Å². The van der Waals surface area contributed by atoms with Crippen LogP contribution >= 0.6 is 0 Å². The summed E-state index contributed by atoms with van der Waals surface area (Å²) < 4.78 is 24.1. The second-order valence-corrected chi connectivity index (χ2v) is 1.58. The van der Waals surface area contributed by atoms with Gasteiger partial charge in [0, 0.05) is 0 Å².